The van der Waals surface area contributed by atoms with Crippen LogP contribution in [0.4, 0.5) is 10.5 Å². The number of hydrogen-bond donors (Lipinski definition) is 2. The van der Waals surface area contributed by atoms with Gasteiger partial charge in [0, 0.05) is 10.2 Å². The van der Waals surface area contributed by atoms with Crippen LogP contribution >= 0.6 is 15.9 Å². The van der Waals surface area contributed by atoms with Crippen molar-refractivity contribution >= 4 is 33.6 Å². The van der Waals surface area contributed by atoms with Gasteiger partial charge in [-0.1, -0.05) is 15.9 Å². The van der Waals surface area contributed by atoms with E-state index in [9.17, 15) is 9.59 Å². The number of ether oxygens (including phenoxy) is 1. The summed E-state index contributed by atoms with van der Waals surface area (Å²) in [6.45, 7) is 0.0106. The zero-order chi connectivity index (χ0) is 12.0. The molecule has 0 fully saturated rings. The van der Waals surface area contributed by atoms with Crippen molar-refractivity contribution in [2.75, 3.05) is 19.0 Å². The van der Waals surface area contributed by atoms with Crippen molar-refractivity contribution in [3.05, 3.63) is 28.7 Å². The number of imide groups is 1. The lowest BCUT2D eigenvalue weighted by atomic mass is 10.3. The van der Waals surface area contributed by atoms with Gasteiger partial charge in [-0.15, -0.1) is 0 Å². The summed E-state index contributed by atoms with van der Waals surface area (Å²) < 4.78 is 5.24. The summed E-state index contributed by atoms with van der Waals surface area (Å²) >= 11 is 3.30. The van der Waals surface area contributed by atoms with Gasteiger partial charge < -0.3 is 10.1 Å². The van der Waals surface area contributed by atoms with Gasteiger partial charge >= 0.3 is 6.09 Å². The minimum Gasteiger partial charge on any atom is -0.453 e. The van der Waals surface area contributed by atoms with Crippen LogP contribution in [0.15, 0.2) is 28.7 Å². The number of carbonyl (C=O) groups excluding carboxylic acids is 2. The minimum absolute atomic E-state index is 0.0106. The number of methoxy groups -OCH3 is 1. The Morgan fingerprint density at radius 1 is 1.31 bits per heavy atom. The van der Waals surface area contributed by atoms with Crippen LogP contribution < -0.4 is 10.6 Å². The zero-order valence-corrected chi connectivity index (χ0v) is 10.2. The normalized spacial score (nSPS) is 9.38. The smallest absolute Gasteiger partial charge is 0.413 e. The Hall–Kier alpha value is -1.56. The van der Waals surface area contributed by atoms with Gasteiger partial charge in [0.1, 0.15) is 0 Å². The van der Waals surface area contributed by atoms with E-state index < -0.39 is 12.0 Å². The number of nitrogens with one attached hydrogen (secondary N) is 2. The summed E-state index contributed by atoms with van der Waals surface area (Å²) in [6.07, 6.45) is -0.761. The number of alkyl carbamates (subject to hydrolysis) is 1. The molecular formula is C10H11BrN2O3. The fourth-order valence-corrected chi connectivity index (χ4v) is 1.22. The molecule has 1 rings (SSSR count). The first-order valence-electron chi connectivity index (χ1n) is 4.49. The predicted molar refractivity (Wildman–Crippen MR) is 63.2 cm³/mol. The Morgan fingerprint density at radius 2 is 1.94 bits per heavy atom. The molecule has 16 heavy (non-hydrogen) atoms. The van der Waals surface area contributed by atoms with Crippen LogP contribution in [0.5, 0.6) is 0 Å². The van der Waals surface area contributed by atoms with Gasteiger partial charge in [0.2, 0.25) is 5.91 Å². The highest BCUT2D eigenvalue weighted by Gasteiger charge is 2.06. The molecule has 0 aliphatic carbocycles. The predicted octanol–water partition coefficient (Wildman–Crippen LogP) is 1.74. The lowest BCUT2D eigenvalue weighted by Gasteiger charge is -2.06. The second-order valence-electron chi connectivity index (χ2n) is 2.90. The minimum atomic E-state index is -0.761. The van der Waals surface area contributed by atoms with E-state index in [1.165, 1.54) is 7.11 Å². The van der Waals surface area contributed by atoms with Crippen molar-refractivity contribution in [3.63, 3.8) is 0 Å². The lowest BCUT2D eigenvalue weighted by Crippen LogP contribution is -2.34. The molecule has 0 unspecified atom stereocenters. The fraction of sp³-hybridized carbons (Fsp3) is 0.200. The third-order valence-electron chi connectivity index (χ3n) is 1.72. The van der Waals surface area contributed by atoms with E-state index in [1.54, 1.807) is 0 Å². The summed E-state index contributed by atoms with van der Waals surface area (Å²) in [7, 11) is 1.20. The van der Waals surface area contributed by atoms with Gasteiger partial charge in [-0.3, -0.25) is 10.1 Å². The number of hydrogen-bond acceptors (Lipinski definition) is 4. The van der Waals surface area contributed by atoms with Gasteiger partial charge in [0.15, 0.2) is 0 Å². The molecule has 0 saturated heterocycles. The second-order valence-corrected chi connectivity index (χ2v) is 3.82. The molecule has 1 aromatic carbocycles. The standard InChI is InChI=1S/C10H11BrN2O3/c1-16-10(15)13-9(14)6-12-8-4-2-7(11)3-5-8/h2-5,12H,6H2,1H3,(H,13,14,15). The molecular weight excluding hydrogens is 276 g/mol. The van der Waals surface area contributed by atoms with Crippen LogP contribution in [0.1, 0.15) is 0 Å². The van der Waals surface area contributed by atoms with E-state index in [0.29, 0.717) is 0 Å². The highest BCUT2D eigenvalue weighted by atomic mass is 79.9. The highest BCUT2D eigenvalue weighted by molar-refractivity contribution is 9.10. The Morgan fingerprint density at radius 3 is 2.50 bits per heavy atom. The SMILES string of the molecule is COC(=O)NC(=O)CNc1ccc(Br)cc1. The lowest BCUT2D eigenvalue weighted by molar-refractivity contribution is -0.118. The summed E-state index contributed by atoms with van der Waals surface area (Å²) in [4.78, 5) is 21.9. The number of amides is 2. The molecule has 5 nitrogen and oxygen atoms in total. The molecule has 2 amide bonds. The van der Waals surface area contributed by atoms with Crippen LogP contribution in [-0.2, 0) is 9.53 Å². The summed E-state index contributed by atoms with van der Waals surface area (Å²) in [5.74, 6) is -0.449. The molecule has 0 bridgehead atoms. The van der Waals surface area contributed by atoms with Crippen molar-refractivity contribution in [1.82, 2.24) is 5.32 Å². The Balaban J connectivity index is 2.37. The van der Waals surface area contributed by atoms with E-state index in [4.69, 9.17) is 0 Å². The topological polar surface area (TPSA) is 67.4 Å². The quantitative estimate of drug-likeness (QED) is 0.888. The van der Waals surface area contributed by atoms with Crippen molar-refractivity contribution in [1.29, 1.82) is 0 Å². The molecule has 0 aromatic heterocycles. The van der Waals surface area contributed by atoms with Crippen LogP contribution in [0, 0.1) is 0 Å². The zero-order valence-electron chi connectivity index (χ0n) is 8.62. The first kappa shape index (κ1) is 12.5. The largest absolute Gasteiger partial charge is 0.453 e. The average Bonchev–Trinajstić information content (AvgIpc) is 2.28. The Labute approximate surface area is 101 Å². The number of benzene rings is 1. The first-order chi connectivity index (χ1) is 7.61. The second kappa shape index (κ2) is 6.12. The average molecular weight is 287 g/mol. The van der Waals surface area contributed by atoms with E-state index in [0.717, 1.165) is 10.2 Å². The number of rotatable bonds is 3. The van der Waals surface area contributed by atoms with Crippen molar-refractivity contribution in [3.8, 4) is 0 Å². The maximum absolute atomic E-state index is 11.2. The number of carbonyl (C=O) groups is 2. The summed E-state index contributed by atoms with van der Waals surface area (Å²) in [6, 6.07) is 7.33. The number of anilines is 1. The van der Waals surface area contributed by atoms with Crippen LogP contribution in [0.2, 0.25) is 0 Å². The van der Waals surface area contributed by atoms with Crippen molar-refractivity contribution < 1.29 is 14.3 Å². The molecule has 0 spiro atoms. The van der Waals surface area contributed by atoms with E-state index in [1.807, 2.05) is 29.6 Å². The molecule has 1 aromatic rings. The summed E-state index contributed by atoms with van der Waals surface area (Å²) in [5, 5.41) is 4.90. The monoisotopic (exact) mass is 286 g/mol. The first-order valence-corrected chi connectivity index (χ1v) is 5.28. The molecule has 0 aliphatic rings. The van der Waals surface area contributed by atoms with E-state index >= 15 is 0 Å². The highest BCUT2D eigenvalue weighted by Crippen LogP contribution is 2.13. The fourth-order valence-electron chi connectivity index (χ4n) is 0.959. The molecule has 2 N–H and O–H groups in total. The van der Waals surface area contributed by atoms with Crippen LogP contribution in [0.3, 0.4) is 0 Å². The van der Waals surface area contributed by atoms with Crippen molar-refractivity contribution in [2.24, 2.45) is 0 Å². The van der Waals surface area contributed by atoms with Crippen molar-refractivity contribution in [2.45, 2.75) is 0 Å². The molecule has 0 atom stereocenters. The Kier molecular flexibility index (Phi) is 4.78. The van der Waals surface area contributed by atoms with Gasteiger partial charge in [0.25, 0.3) is 0 Å². The van der Waals surface area contributed by atoms with E-state index in [2.05, 4.69) is 26.0 Å². The Bertz CT molecular complexity index is 378. The molecule has 86 valence electrons. The third-order valence-corrected chi connectivity index (χ3v) is 2.25. The summed E-state index contributed by atoms with van der Waals surface area (Å²) in [5.41, 5.74) is 0.795. The van der Waals surface area contributed by atoms with Crippen LogP contribution in [0.25, 0.3) is 0 Å². The molecule has 0 heterocycles. The molecule has 0 saturated carbocycles. The third kappa shape index (κ3) is 4.31. The maximum Gasteiger partial charge on any atom is 0.413 e. The molecule has 6 heteroatoms. The van der Waals surface area contributed by atoms with Gasteiger partial charge in [-0.2, -0.15) is 0 Å². The van der Waals surface area contributed by atoms with Gasteiger partial charge in [-0.05, 0) is 24.3 Å². The van der Waals surface area contributed by atoms with Gasteiger partial charge in [-0.25, -0.2) is 4.79 Å². The molecule has 0 aliphatic heterocycles. The van der Waals surface area contributed by atoms with Gasteiger partial charge in [0.05, 0.1) is 13.7 Å². The molecule has 0 radical (unpaired) electrons. The van der Waals surface area contributed by atoms with Crippen LogP contribution in [-0.4, -0.2) is 25.7 Å². The maximum atomic E-state index is 11.2. The number of halogens is 1. The van der Waals surface area contributed by atoms with E-state index in [-0.39, 0.29) is 6.54 Å².